The van der Waals surface area contributed by atoms with Crippen LogP contribution in [0.1, 0.15) is 28.4 Å². The van der Waals surface area contributed by atoms with Crippen LogP contribution < -0.4 is 5.73 Å². The Balaban J connectivity index is 3.15. The van der Waals surface area contributed by atoms with Crippen LogP contribution in [0.4, 0.5) is 13.2 Å². The summed E-state index contributed by atoms with van der Waals surface area (Å²) in [5.41, 5.74) is 5.16. The van der Waals surface area contributed by atoms with E-state index < -0.39 is 17.8 Å². The Morgan fingerprint density at radius 2 is 1.94 bits per heavy atom. The number of benzene rings is 1. The number of aryl methyl sites for hydroxylation is 1. The molecule has 1 rings (SSSR count). The second kappa shape index (κ2) is 4.25. The average Bonchev–Trinajstić information content (AvgIpc) is 2.15. The summed E-state index contributed by atoms with van der Waals surface area (Å²) >= 11 is 0. The van der Waals surface area contributed by atoms with Gasteiger partial charge in [0.2, 0.25) is 0 Å². The van der Waals surface area contributed by atoms with E-state index in [9.17, 15) is 18.0 Å². The van der Waals surface area contributed by atoms with Crippen molar-refractivity contribution in [2.45, 2.75) is 26.1 Å². The van der Waals surface area contributed by atoms with Gasteiger partial charge in [0.15, 0.2) is 5.78 Å². The topological polar surface area (TPSA) is 43.1 Å². The van der Waals surface area contributed by atoms with Crippen molar-refractivity contribution in [1.82, 2.24) is 0 Å². The Hall–Kier alpha value is -1.36. The molecule has 0 heterocycles. The number of halogens is 3. The lowest BCUT2D eigenvalue weighted by molar-refractivity contribution is -0.137. The van der Waals surface area contributed by atoms with Gasteiger partial charge in [0, 0.05) is 5.56 Å². The van der Waals surface area contributed by atoms with Crippen LogP contribution in [-0.2, 0) is 6.18 Å². The molecule has 2 N–H and O–H groups in total. The summed E-state index contributed by atoms with van der Waals surface area (Å²) in [6.45, 7) is 2.96. The molecule has 1 aromatic rings. The van der Waals surface area contributed by atoms with E-state index >= 15 is 0 Å². The highest BCUT2D eigenvalue weighted by molar-refractivity contribution is 6.00. The van der Waals surface area contributed by atoms with Crippen LogP contribution in [0, 0.1) is 6.92 Å². The normalized spacial score (nSPS) is 13.6. The highest BCUT2D eigenvalue weighted by atomic mass is 19.4. The summed E-state index contributed by atoms with van der Waals surface area (Å²) in [5, 5.41) is 0. The van der Waals surface area contributed by atoms with Gasteiger partial charge in [-0.25, -0.2) is 0 Å². The minimum atomic E-state index is -4.39. The number of carbonyl (C=O) groups is 1. The molecule has 0 radical (unpaired) electrons. The van der Waals surface area contributed by atoms with E-state index in [1.54, 1.807) is 0 Å². The molecule has 1 atom stereocenters. The number of alkyl halides is 3. The number of carbonyl (C=O) groups excluding carboxylic acids is 1. The number of hydrogen-bond acceptors (Lipinski definition) is 2. The molecule has 0 aromatic heterocycles. The highest BCUT2D eigenvalue weighted by Crippen LogP contribution is 2.30. The molecule has 16 heavy (non-hydrogen) atoms. The molecule has 1 unspecified atom stereocenters. The van der Waals surface area contributed by atoms with Crippen LogP contribution >= 0.6 is 0 Å². The first-order chi connectivity index (χ1) is 7.23. The Morgan fingerprint density at radius 1 is 1.38 bits per heavy atom. The molecule has 88 valence electrons. The number of ketones is 1. The first-order valence-corrected chi connectivity index (χ1v) is 4.71. The van der Waals surface area contributed by atoms with Crippen LogP contribution in [0.2, 0.25) is 0 Å². The maximum Gasteiger partial charge on any atom is 0.416 e. The van der Waals surface area contributed by atoms with Gasteiger partial charge in [-0.3, -0.25) is 4.79 Å². The van der Waals surface area contributed by atoms with Gasteiger partial charge in [-0.2, -0.15) is 13.2 Å². The van der Waals surface area contributed by atoms with Gasteiger partial charge in [-0.15, -0.1) is 0 Å². The number of hydrogen-bond donors (Lipinski definition) is 1. The quantitative estimate of drug-likeness (QED) is 0.795. The molecule has 0 amide bonds. The fourth-order valence-electron chi connectivity index (χ4n) is 1.36. The van der Waals surface area contributed by atoms with Crippen molar-refractivity contribution in [3.05, 3.63) is 34.9 Å². The van der Waals surface area contributed by atoms with E-state index in [1.807, 2.05) is 0 Å². The third-order valence-electron chi connectivity index (χ3n) is 2.23. The van der Waals surface area contributed by atoms with Crippen molar-refractivity contribution in [3.8, 4) is 0 Å². The molecule has 0 saturated heterocycles. The van der Waals surface area contributed by atoms with Gasteiger partial charge in [-0.05, 0) is 31.5 Å². The highest BCUT2D eigenvalue weighted by Gasteiger charge is 2.31. The zero-order valence-electron chi connectivity index (χ0n) is 8.93. The van der Waals surface area contributed by atoms with E-state index in [0.717, 1.165) is 12.1 Å². The van der Waals surface area contributed by atoms with Crippen molar-refractivity contribution >= 4 is 5.78 Å². The predicted octanol–water partition coefficient (Wildman–Crippen LogP) is 2.54. The minimum absolute atomic E-state index is 0.239. The molecule has 0 aliphatic heterocycles. The van der Waals surface area contributed by atoms with Gasteiger partial charge in [-0.1, -0.05) is 6.07 Å². The van der Waals surface area contributed by atoms with Crippen LogP contribution in [0.25, 0.3) is 0 Å². The largest absolute Gasteiger partial charge is 0.416 e. The van der Waals surface area contributed by atoms with E-state index in [0.29, 0.717) is 0 Å². The van der Waals surface area contributed by atoms with E-state index in [-0.39, 0.29) is 16.9 Å². The summed E-state index contributed by atoms with van der Waals surface area (Å²) in [6, 6.07) is 2.30. The molecule has 0 aliphatic rings. The van der Waals surface area contributed by atoms with Gasteiger partial charge < -0.3 is 5.73 Å². The molecule has 0 aliphatic carbocycles. The summed E-state index contributed by atoms with van der Waals surface area (Å²) < 4.78 is 37.0. The number of Topliss-reactive ketones (excluding diaryl/α,β-unsaturated/α-hetero) is 1. The minimum Gasteiger partial charge on any atom is -0.321 e. The fraction of sp³-hybridized carbons (Fsp3) is 0.364. The van der Waals surface area contributed by atoms with Crippen molar-refractivity contribution in [1.29, 1.82) is 0 Å². The lowest BCUT2D eigenvalue weighted by atomic mass is 9.98. The number of rotatable bonds is 2. The second-order valence-corrected chi connectivity index (χ2v) is 3.68. The van der Waals surface area contributed by atoms with E-state index in [4.69, 9.17) is 5.73 Å². The second-order valence-electron chi connectivity index (χ2n) is 3.68. The average molecular weight is 231 g/mol. The predicted molar refractivity (Wildman–Crippen MR) is 54.2 cm³/mol. The molecule has 0 spiro atoms. The molecule has 0 fully saturated rings. The summed E-state index contributed by atoms with van der Waals surface area (Å²) in [4.78, 5) is 11.5. The van der Waals surface area contributed by atoms with Crippen molar-refractivity contribution in [3.63, 3.8) is 0 Å². The molecular formula is C11H12F3NO. The molecule has 5 heteroatoms. The first-order valence-electron chi connectivity index (χ1n) is 4.71. The van der Waals surface area contributed by atoms with Crippen LogP contribution in [-0.4, -0.2) is 11.8 Å². The maximum absolute atomic E-state index is 12.3. The zero-order valence-corrected chi connectivity index (χ0v) is 8.93. The molecule has 1 aromatic carbocycles. The van der Waals surface area contributed by atoms with Crippen molar-refractivity contribution < 1.29 is 18.0 Å². The Labute approximate surface area is 91.3 Å². The lowest BCUT2D eigenvalue weighted by Crippen LogP contribution is -2.27. The first kappa shape index (κ1) is 12.7. The molecular weight excluding hydrogens is 219 g/mol. The standard InChI is InChI=1S/C11H12F3NO/c1-6-5-8(11(12,13)14)3-4-9(6)10(16)7(2)15/h3-5,7H,15H2,1-2H3. The Morgan fingerprint density at radius 3 is 2.31 bits per heavy atom. The van der Waals surface area contributed by atoms with Gasteiger partial charge in [0.05, 0.1) is 11.6 Å². The summed E-state index contributed by atoms with van der Waals surface area (Å²) in [5.74, 6) is -0.355. The Kier molecular flexibility index (Phi) is 3.38. The lowest BCUT2D eigenvalue weighted by Gasteiger charge is -2.11. The zero-order chi connectivity index (χ0) is 12.5. The third kappa shape index (κ3) is 2.61. The fourth-order valence-corrected chi connectivity index (χ4v) is 1.36. The molecule has 0 saturated carbocycles. The molecule has 2 nitrogen and oxygen atoms in total. The van der Waals surface area contributed by atoms with Crippen molar-refractivity contribution in [2.75, 3.05) is 0 Å². The van der Waals surface area contributed by atoms with Crippen LogP contribution in [0.15, 0.2) is 18.2 Å². The maximum atomic E-state index is 12.3. The van der Waals surface area contributed by atoms with Crippen LogP contribution in [0.3, 0.4) is 0 Å². The van der Waals surface area contributed by atoms with E-state index in [1.165, 1.54) is 19.9 Å². The van der Waals surface area contributed by atoms with Crippen LogP contribution in [0.5, 0.6) is 0 Å². The summed E-state index contributed by atoms with van der Waals surface area (Å²) in [6.07, 6.45) is -4.39. The number of nitrogens with two attached hydrogens (primary N) is 1. The summed E-state index contributed by atoms with van der Waals surface area (Å²) in [7, 11) is 0. The molecule has 0 bridgehead atoms. The Bertz CT molecular complexity index is 410. The van der Waals surface area contributed by atoms with Crippen molar-refractivity contribution in [2.24, 2.45) is 5.73 Å². The van der Waals surface area contributed by atoms with Gasteiger partial charge >= 0.3 is 6.18 Å². The monoisotopic (exact) mass is 231 g/mol. The third-order valence-corrected chi connectivity index (χ3v) is 2.23. The SMILES string of the molecule is Cc1cc(C(F)(F)F)ccc1C(=O)C(C)N. The van der Waals surface area contributed by atoms with Gasteiger partial charge in [0.1, 0.15) is 0 Å². The smallest absolute Gasteiger partial charge is 0.321 e. The van der Waals surface area contributed by atoms with Gasteiger partial charge in [0.25, 0.3) is 0 Å². The van der Waals surface area contributed by atoms with E-state index in [2.05, 4.69) is 0 Å².